The second kappa shape index (κ2) is 6.07. The molecule has 1 aromatic heterocycles. The van der Waals surface area contributed by atoms with Crippen LogP contribution in [0.3, 0.4) is 0 Å². The van der Waals surface area contributed by atoms with Gasteiger partial charge in [-0.25, -0.2) is 9.97 Å². The average molecular weight is 286 g/mol. The second-order valence-corrected chi connectivity index (χ2v) is 5.03. The summed E-state index contributed by atoms with van der Waals surface area (Å²) in [5, 5.41) is 16.2. The van der Waals surface area contributed by atoms with E-state index in [0.717, 1.165) is 5.69 Å². The van der Waals surface area contributed by atoms with Crippen molar-refractivity contribution >= 4 is 17.3 Å². The smallest absolute Gasteiger partial charge is 0.136 e. The van der Waals surface area contributed by atoms with Crippen LogP contribution in [0.1, 0.15) is 5.82 Å². The molecule has 2 atom stereocenters. The Morgan fingerprint density at radius 1 is 1.14 bits per heavy atom. The van der Waals surface area contributed by atoms with E-state index in [2.05, 4.69) is 20.6 Å². The molecule has 1 aromatic carbocycles. The van der Waals surface area contributed by atoms with Crippen molar-refractivity contribution in [3.8, 4) is 0 Å². The molecule has 21 heavy (non-hydrogen) atoms. The van der Waals surface area contributed by atoms with Crippen molar-refractivity contribution in [1.82, 2.24) is 9.97 Å². The molecule has 1 aliphatic heterocycles. The molecule has 1 fully saturated rings. The molecule has 0 aliphatic carbocycles. The molecule has 2 heterocycles. The highest BCUT2D eigenvalue weighted by Crippen LogP contribution is 2.19. The zero-order chi connectivity index (χ0) is 14.7. The van der Waals surface area contributed by atoms with E-state index in [1.165, 1.54) is 0 Å². The number of hydrogen-bond donors (Lipinski definition) is 3. The molecule has 3 N–H and O–H groups in total. The minimum Gasteiger partial charge on any atom is -0.388 e. The van der Waals surface area contributed by atoms with Gasteiger partial charge in [0.15, 0.2) is 0 Å². The van der Waals surface area contributed by atoms with Gasteiger partial charge in [0.2, 0.25) is 0 Å². The van der Waals surface area contributed by atoms with Crippen molar-refractivity contribution in [3.63, 3.8) is 0 Å². The van der Waals surface area contributed by atoms with Crippen molar-refractivity contribution in [2.75, 3.05) is 23.8 Å². The average Bonchev–Trinajstić information content (AvgIpc) is 2.85. The molecule has 6 nitrogen and oxygen atoms in total. The van der Waals surface area contributed by atoms with Crippen LogP contribution in [-0.4, -0.2) is 40.4 Å². The van der Waals surface area contributed by atoms with Crippen LogP contribution in [0.4, 0.5) is 17.3 Å². The highest BCUT2D eigenvalue weighted by molar-refractivity contribution is 5.59. The summed E-state index contributed by atoms with van der Waals surface area (Å²) < 4.78 is 5.23. The zero-order valence-electron chi connectivity index (χ0n) is 11.8. The van der Waals surface area contributed by atoms with Gasteiger partial charge < -0.3 is 20.5 Å². The molecule has 0 bridgehead atoms. The number of rotatable bonds is 4. The fourth-order valence-corrected chi connectivity index (χ4v) is 2.25. The van der Waals surface area contributed by atoms with Gasteiger partial charge in [-0.3, -0.25) is 0 Å². The Morgan fingerprint density at radius 3 is 2.62 bits per heavy atom. The monoisotopic (exact) mass is 286 g/mol. The minimum atomic E-state index is -0.509. The summed E-state index contributed by atoms with van der Waals surface area (Å²) in [5.41, 5.74) is 0.964. The number of hydrogen-bond acceptors (Lipinski definition) is 6. The van der Waals surface area contributed by atoms with Crippen molar-refractivity contribution in [2.45, 2.75) is 19.1 Å². The lowest BCUT2D eigenvalue weighted by Gasteiger charge is -2.16. The summed E-state index contributed by atoms with van der Waals surface area (Å²) in [6.45, 7) is 2.67. The van der Waals surface area contributed by atoms with Crippen molar-refractivity contribution < 1.29 is 9.84 Å². The summed E-state index contributed by atoms with van der Waals surface area (Å²) in [6, 6.07) is 11.5. The Bertz CT molecular complexity index is 606. The Kier molecular flexibility index (Phi) is 3.98. The number of nitrogens with one attached hydrogen (secondary N) is 2. The van der Waals surface area contributed by atoms with Crippen LogP contribution in [0.2, 0.25) is 0 Å². The third kappa shape index (κ3) is 3.48. The van der Waals surface area contributed by atoms with Crippen LogP contribution in [0, 0.1) is 6.92 Å². The Hall–Kier alpha value is -2.18. The Balaban J connectivity index is 1.76. The van der Waals surface area contributed by atoms with Gasteiger partial charge in [0.25, 0.3) is 0 Å². The molecule has 0 spiro atoms. The number of aromatic nitrogens is 2. The number of aliphatic hydroxyl groups is 1. The predicted molar refractivity (Wildman–Crippen MR) is 80.7 cm³/mol. The molecule has 6 heteroatoms. The number of aliphatic hydroxyl groups excluding tert-OH is 1. The normalized spacial score (nSPS) is 21.2. The lowest BCUT2D eigenvalue weighted by Crippen LogP contribution is -2.32. The molecule has 1 saturated heterocycles. The van der Waals surface area contributed by atoms with Crippen molar-refractivity contribution in [2.24, 2.45) is 0 Å². The molecule has 0 saturated carbocycles. The van der Waals surface area contributed by atoms with E-state index in [-0.39, 0.29) is 6.04 Å². The molecular formula is C15H18N4O2. The van der Waals surface area contributed by atoms with Crippen molar-refractivity contribution in [1.29, 1.82) is 0 Å². The fraction of sp³-hybridized carbons (Fsp3) is 0.333. The van der Waals surface area contributed by atoms with E-state index in [1.807, 2.05) is 43.3 Å². The third-order valence-electron chi connectivity index (χ3n) is 3.27. The van der Waals surface area contributed by atoms with Gasteiger partial charge in [0, 0.05) is 11.8 Å². The van der Waals surface area contributed by atoms with Gasteiger partial charge in [-0.05, 0) is 19.1 Å². The van der Waals surface area contributed by atoms with Gasteiger partial charge >= 0.3 is 0 Å². The van der Waals surface area contributed by atoms with E-state index >= 15 is 0 Å². The maximum atomic E-state index is 9.78. The van der Waals surface area contributed by atoms with Crippen LogP contribution < -0.4 is 10.6 Å². The summed E-state index contributed by atoms with van der Waals surface area (Å²) in [6.07, 6.45) is -0.509. The summed E-state index contributed by atoms with van der Waals surface area (Å²) in [7, 11) is 0. The minimum absolute atomic E-state index is 0.135. The highest BCUT2D eigenvalue weighted by atomic mass is 16.5. The van der Waals surface area contributed by atoms with Crippen molar-refractivity contribution in [3.05, 3.63) is 42.2 Å². The Morgan fingerprint density at radius 2 is 1.90 bits per heavy atom. The van der Waals surface area contributed by atoms with Crippen LogP contribution >= 0.6 is 0 Å². The first kappa shape index (κ1) is 13.8. The van der Waals surface area contributed by atoms with Gasteiger partial charge in [-0.1, -0.05) is 18.2 Å². The maximum Gasteiger partial charge on any atom is 0.136 e. The van der Waals surface area contributed by atoms with Gasteiger partial charge in [0.1, 0.15) is 17.5 Å². The predicted octanol–water partition coefficient (Wildman–Crippen LogP) is 1.70. The molecule has 0 unspecified atom stereocenters. The Labute approximate surface area is 123 Å². The molecule has 0 amide bonds. The number of aryl methyl sites for hydroxylation is 1. The largest absolute Gasteiger partial charge is 0.388 e. The van der Waals surface area contributed by atoms with Gasteiger partial charge in [-0.2, -0.15) is 0 Å². The molecule has 2 aromatic rings. The first-order valence-corrected chi connectivity index (χ1v) is 6.91. The van der Waals surface area contributed by atoms with E-state index < -0.39 is 6.10 Å². The van der Waals surface area contributed by atoms with E-state index in [0.29, 0.717) is 30.7 Å². The maximum absolute atomic E-state index is 9.78. The number of ether oxygens (including phenoxy) is 1. The highest BCUT2D eigenvalue weighted by Gasteiger charge is 2.26. The third-order valence-corrected chi connectivity index (χ3v) is 3.27. The molecule has 3 rings (SSSR count). The van der Waals surface area contributed by atoms with Crippen LogP contribution in [0.15, 0.2) is 36.4 Å². The molecule has 0 radical (unpaired) electrons. The lowest BCUT2D eigenvalue weighted by molar-refractivity contribution is 0.125. The first-order valence-electron chi connectivity index (χ1n) is 6.91. The lowest BCUT2D eigenvalue weighted by atomic mass is 10.2. The van der Waals surface area contributed by atoms with Crippen LogP contribution in [0.5, 0.6) is 0 Å². The molecule has 1 aliphatic rings. The molecular weight excluding hydrogens is 268 g/mol. The van der Waals surface area contributed by atoms with Gasteiger partial charge in [-0.15, -0.1) is 0 Å². The standard InChI is InChI=1S/C15H18N4O2/c1-10-16-14(18-11-5-3-2-4-6-11)7-15(17-10)19-12-8-21-9-13(12)20/h2-7,12-13,20H,8-9H2,1H3,(H2,16,17,18,19)/t12-,13-/m1/s1. The molecule has 110 valence electrons. The van der Waals surface area contributed by atoms with Gasteiger partial charge in [0.05, 0.1) is 25.4 Å². The number of para-hydroxylation sites is 1. The summed E-state index contributed by atoms with van der Waals surface area (Å²) in [5.74, 6) is 2.05. The van der Waals surface area contributed by atoms with Crippen LogP contribution in [-0.2, 0) is 4.74 Å². The number of anilines is 3. The number of benzene rings is 1. The second-order valence-electron chi connectivity index (χ2n) is 5.03. The summed E-state index contributed by atoms with van der Waals surface area (Å²) in [4.78, 5) is 8.71. The van der Waals surface area contributed by atoms with E-state index in [1.54, 1.807) is 0 Å². The number of nitrogens with zero attached hydrogens (tertiary/aromatic N) is 2. The SMILES string of the molecule is Cc1nc(Nc2ccccc2)cc(N[C@@H]2COC[C@H]2O)n1. The van der Waals surface area contributed by atoms with E-state index in [4.69, 9.17) is 4.74 Å². The van der Waals surface area contributed by atoms with E-state index in [9.17, 15) is 5.11 Å². The quantitative estimate of drug-likeness (QED) is 0.794. The fourth-order valence-electron chi connectivity index (χ4n) is 2.25. The topological polar surface area (TPSA) is 79.3 Å². The van der Waals surface area contributed by atoms with Crippen LogP contribution in [0.25, 0.3) is 0 Å². The zero-order valence-corrected chi connectivity index (χ0v) is 11.8. The first-order chi connectivity index (χ1) is 10.2. The summed E-state index contributed by atoms with van der Waals surface area (Å²) >= 11 is 0.